The summed E-state index contributed by atoms with van der Waals surface area (Å²) in [6.45, 7) is 1.85. The molecule has 0 spiro atoms. The number of carbonyl (C=O) groups is 1. The van der Waals surface area contributed by atoms with E-state index < -0.39 is 5.97 Å². The number of aliphatic carboxylic acids is 1. The second-order valence-electron chi connectivity index (χ2n) is 6.46. The van der Waals surface area contributed by atoms with Gasteiger partial charge in [0, 0.05) is 17.8 Å². The number of ether oxygens (including phenoxy) is 2. The second-order valence-corrected chi connectivity index (χ2v) is 7.44. The quantitative estimate of drug-likeness (QED) is 0.708. The van der Waals surface area contributed by atoms with Gasteiger partial charge in [-0.1, -0.05) is 6.07 Å². The number of fused-ring (bicyclic) bond motifs is 1. The number of hydrogen-bond acceptors (Lipinski definition) is 5. The zero-order chi connectivity index (χ0) is 18.5. The Labute approximate surface area is 158 Å². The highest BCUT2D eigenvalue weighted by atomic mass is 32.1. The van der Waals surface area contributed by atoms with Gasteiger partial charge in [-0.2, -0.15) is 0 Å². The van der Waals surface area contributed by atoms with Gasteiger partial charge in [0.05, 0.1) is 20.3 Å². The van der Waals surface area contributed by atoms with Gasteiger partial charge in [0.25, 0.3) is 0 Å². The number of carboxylic acids is 1. The summed E-state index contributed by atoms with van der Waals surface area (Å²) in [6.07, 6.45) is 2.79. The SMILES string of the molecule is COc1cc2c(cc1OC)C(c1cccs1)N(CCCCC(=O)O)CC2. The Balaban J connectivity index is 1.88. The summed E-state index contributed by atoms with van der Waals surface area (Å²) in [6, 6.07) is 8.63. The predicted molar refractivity (Wildman–Crippen MR) is 102 cm³/mol. The molecule has 140 valence electrons. The maximum Gasteiger partial charge on any atom is 0.303 e. The average molecular weight is 375 g/mol. The number of unbranched alkanes of at least 4 members (excludes halogenated alkanes) is 1. The summed E-state index contributed by atoms with van der Waals surface area (Å²) < 4.78 is 11.0. The van der Waals surface area contributed by atoms with Crippen LogP contribution in [0.3, 0.4) is 0 Å². The molecular weight excluding hydrogens is 350 g/mol. The molecule has 1 aliphatic heterocycles. The van der Waals surface area contributed by atoms with Crippen LogP contribution in [0, 0.1) is 0 Å². The van der Waals surface area contributed by atoms with Crippen molar-refractivity contribution in [1.29, 1.82) is 0 Å². The number of nitrogens with zero attached hydrogens (tertiary/aromatic N) is 1. The molecule has 2 aromatic rings. The first-order valence-electron chi connectivity index (χ1n) is 8.88. The molecule has 0 amide bonds. The van der Waals surface area contributed by atoms with E-state index in [9.17, 15) is 4.79 Å². The maximum absolute atomic E-state index is 10.8. The Morgan fingerprint density at radius 1 is 1.27 bits per heavy atom. The summed E-state index contributed by atoms with van der Waals surface area (Å²) in [5.41, 5.74) is 2.55. The molecule has 6 heteroatoms. The van der Waals surface area contributed by atoms with Crippen LogP contribution < -0.4 is 9.47 Å². The van der Waals surface area contributed by atoms with Crippen LogP contribution in [-0.4, -0.2) is 43.3 Å². The molecule has 1 N–H and O–H groups in total. The summed E-state index contributed by atoms with van der Waals surface area (Å²) in [5, 5.41) is 11.0. The molecule has 0 bridgehead atoms. The second kappa shape index (κ2) is 8.56. The molecule has 3 rings (SSSR count). The average Bonchev–Trinajstić information content (AvgIpc) is 3.17. The van der Waals surface area contributed by atoms with Gasteiger partial charge < -0.3 is 14.6 Å². The van der Waals surface area contributed by atoms with Crippen molar-refractivity contribution < 1.29 is 19.4 Å². The number of methoxy groups -OCH3 is 2. The van der Waals surface area contributed by atoms with Crippen LogP contribution in [-0.2, 0) is 11.2 Å². The highest BCUT2D eigenvalue weighted by molar-refractivity contribution is 7.10. The fraction of sp³-hybridized carbons (Fsp3) is 0.450. The summed E-state index contributed by atoms with van der Waals surface area (Å²) in [7, 11) is 3.33. The lowest BCUT2D eigenvalue weighted by Gasteiger charge is -2.37. The topological polar surface area (TPSA) is 59.0 Å². The first-order valence-corrected chi connectivity index (χ1v) is 9.76. The molecular formula is C20H25NO4S. The highest BCUT2D eigenvalue weighted by Crippen LogP contribution is 2.42. The van der Waals surface area contributed by atoms with Crippen molar-refractivity contribution >= 4 is 17.3 Å². The Hall–Kier alpha value is -2.05. The van der Waals surface area contributed by atoms with E-state index in [1.807, 2.05) is 0 Å². The summed E-state index contributed by atoms with van der Waals surface area (Å²) >= 11 is 1.76. The molecule has 1 aliphatic rings. The van der Waals surface area contributed by atoms with Gasteiger partial charge in [0.1, 0.15) is 0 Å². The molecule has 1 aromatic heterocycles. The number of carboxylic acid groups (broad SMARTS) is 1. The monoisotopic (exact) mass is 375 g/mol. The molecule has 0 saturated heterocycles. The van der Waals surface area contributed by atoms with E-state index in [0.717, 1.165) is 37.4 Å². The first kappa shape index (κ1) is 18.7. The molecule has 0 radical (unpaired) electrons. The van der Waals surface area contributed by atoms with E-state index >= 15 is 0 Å². The zero-order valence-corrected chi connectivity index (χ0v) is 16.1. The van der Waals surface area contributed by atoms with Crippen LogP contribution in [0.15, 0.2) is 29.6 Å². The lowest BCUT2D eigenvalue weighted by Crippen LogP contribution is -2.36. The van der Waals surface area contributed by atoms with E-state index in [1.165, 1.54) is 16.0 Å². The minimum Gasteiger partial charge on any atom is -0.493 e. The largest absolute Gasteiger partial charge is 0.493 e. The van der Waals surface area contributed by atoms with Gasteiger partial charge in [0.15, 0.2) is 11.5 Å². The fourth-order valence-electron chi connectivity index (χ4n) is 3.61. The molecule has 5 nitrogen and oxygen atoms in total. The van der Waals surface area contributed by atoms with Crippen molar-refractivity contribution in [3.8, 4) is 11.5 Å². The molecule has 0 fully saturated rings. The van der Waals surface area contributed by atoms with Crippen molar-refractivity contribution in [3.05, 3.63) is 45.6 Å². The van der Waals surface area contributed by atoms with Crippen LogP contribution in [0.5, 0.6) is 11.5 Å². The van der Waals surface area contributed by atoms with Gasteiger partial charge in [-0.25, -0.2) is 0 Å². The summed E-state index contributed by atoms with van der Waals surface area (Å²) in [4.78, 5) is 14.5. The molecule has 1 atom stereocenters. The van der Waals surface area contributed by atoms with Crippen LogP contribution in [0.1, 0.15) is 41.3 Å². The molecule has 2 heterocycles. The predicted octanol–water partition coefficient (Wildman–Crippen LogP) is 3.97. The van der Waals surface area contributed by atoms with Gasteiger partial charge in [0.2, 0.25) is 0 Å². The minimum atomic E-state index is -0.722. The van der Waals surface area contributed by atoms with Crippen molar-refractivity contribution in [2.75, 3.05) is 27.3 Å². The highest BCUT2D eigenvalue weighted by Gasteiger charge is 2.30. The smallest absolute Gasteiger partial charge is 0.303 e. The zero-order valence-electron chi connectivity index (χ0n) is 15.2. The van der Waals surface area contributed by atoms with E-state index in [2.05, 4.69) is 34.5 Å². The van der Waals surface area contributed by atoms with Crippen LogP contribution in [0.4, 0.5) is 0 Å². The standard InChI is InChI=1S/C20H25NO4S/c1-24-16-12-14-8-10-21(9-4-3-7-19(22)23)20(18-6-5-11-26-18)15(14)13-17(16)25-2/h5-6,11-13,20H,3-4,7-10H2,1-2H3,(H,22,23). The van der Waals surface area contributed by atoms with Crippen molar-refractivity contribution in [1.82, 2.24) is 4.90 Å². The normalized spacial score (nSPS) is 16.9. The van der Waals surface area contributed by atoms with E-state index in [-0.39, 0.29) is 12.5 Å². The summed E-state index contributed by atoms with van der Waals surface area (Å²) in [5.74, 6) is 0.798. The molecule has 1 aromatic carbocycles. The maximum atomic E-state index is 10.8. The van der Waals surface area contributed by atoms with Crippen molar-refractivity contribution in [3.63, 3.8) is 0 Å². The number of rotatable bonds is 8. The van der Waals surface area contributed by atoms with Gasteiger partial charge >= 0.3 is 5.97 Å². The number of thiophene rings is 1. The lowest BCUT2D eigenvalue weighted by molar-refractivity contribution is -0.137. The minimum absolute atomic E-state index is 0.184. The molecule has 0 saturated carbocycles. The van der Waals surface area contributed by atoms with Gasteiger partial charge in [-0.15, -0.1) is 11.3 Å². The Kier molecular flexibility index (Phi) is 6.16. The third-order valence-electron chi connectivity index (χ3n) is 4.87. The Morgan fingerprint density at radius 3 is 2.69 bits per heavy atom. The Bertz CT molecular complexity index is 745. The van der Waals surface area contributed by atoms with E-state index in [0.29, 0.717) is 6.42 Å². The van der Waals surface area contributed by atoms with Gasteiger partial charge in [-0.05, 0) is 60.5 Å². The van der Waals surface area contributed by atoms with E-state index in [4.69, 9.17) is 14.6 Å². The third kappa shape index (κ3) is 4.02. The Morgan fingerprint density at radius 2 is 2.04 bits per heavy atom. The fourth-order valence-corrected chi connectivity index (χ4v) is 4.49. The lowest BCUT2D eigenvalue weighted by atomic mass is 9.90. The molecule has 0 aliphatic carbocycles. The van der Waals surface area contributed by atoms with Crippen LogP contribution in [0.2, 0.25) is 0 Å². The van der Waals surface area contributed by atoms with Crippen LogP contribution >= 0.6 is 11.3 Å². The number of benzene rings is 1. The van der Waals surface area contributed by atoms with Crippen molar-refractivity contribution in [2.45, 2.75) is 31.7 Å². The van der Waals surface area contributed by atoms with Gasteiger partial charge in [-0.3, -0.25) is 9.69 Å². The number of hydrogen-bond donors (Lipinski definition) is 1. The third-order valence-corrected chi connectivity index (χ3v) is 5.80. The molecule has 1 unspecified atom stereocenters. The first-order chi connectivity index (χ1) is 12.6. The molecule has 26 heavy (non-hydrogen) atoms. The van der Waals surface area contributed by atoms with E-state index in [1.54, 1.807) is 25.6 Å². The van der Waals surface area contributed by atoms with Crippen molar-refractivity contribution in [2.24, 2.45) is 0 Å². The van der Waals surface area contributed by atoms with Crippen LogP contribution in [0.25, 0.3) is 0 Å².